The maximum atomic E-state index is 11.6. The van der Waals surface area contributed by atoms with E-state index in [1.165, 1.54) is 23.8 Å². The lowest BCUT2D eigenvalue weighted by molar-refractivity contribution is 0.247. The number of carbonyl (C=O) groups excluding carboxylic acids is 1. The van der Waals surface area contributed by atoms with Gasteiger partial charge >= 0.3 is 12.0 Å². The van der Waals surface area contributed by atoms with Crippen molar-refractivity contribution in [3.05, 3.63) is 29.0 Å². The van der Waals surface area contributed by atoms with Crippen LogP contribution in [0.15, 0.2) is 28.5 Å². The van der Waals surface area contributed by atoms with Gasteiger partial charge in [-0.25, -0.2) is 14.8 Å². The summed E-state index contributed by atoms with van der Waals surface area (Å²) in [7, 11) is 0. The van der Waals surface area contributed by atoms with Crippen LogP contribution in [0, 0.1) is 0 Å². The Morgan fingerprint density at radius 2 is 2.41 bits per heavy atom. The molecule has 2 N–H and O–H groups in total. The minimum atomic E-state index is -0.352. The topological polar surface area (TPSA) is 80.0 Å². The highest BCUT2D eigenvalue weighted by atomic mass is 32.1. The van der Waals surface area contributed by atoms with Gasteiger partial charge in [-0.05, 0) is 6.42 Å². The molecule has 0 unspecified atom stereocenters. The quantitative estimate of drug-likeness (QED) is 0.875. The molecule has 1 atom stereocenters. The number of anilines is 1. The molecular weight excluding hydrogens is 240 g/mol. The summed E-state index contributed by atoms with van der Waals surface area (Å²) >= 11 is 1.51. The van der Waals surface area contributed by atoms with Crippen molar-refractivity contribution < 1.29 is 9.21 Å². The van der Waals surface area contributed by atoms with Gasteiger partial charge in [0.05, 0.1) is 12.2 Å². The van der Waals surface area contributed by atoms with Crippen LogP contribution in [0.2, 0.25) is 0 Å². The molecule has 0 aromatic carbocycles. The first-order valence-corrected chi connectivity index (χ1v) is 6.04. The molecule has 90 valence electrons. The highest BCUT2D eigenvalue weighted by Gasteiger charge is 2.15. The number of carbonyl (C=O) groups is 1. The minimum absolute atomic E-state index is 0.0926. The van der Waals surface area contributed by atoms with Gasteiger partial charge in [0, 0.05) is 11.6 Å². The fourth-order valence-electron chi connectivity index (χ4n) is 1.32. The second-order valence-corrected chi connectivity index (χ2v) is 4.19. The van der Waals surface area contributed by atoms with E-state index < -0.39 is 0 Å². The summed E-state index contributed by atoms with van der Waals surface area (Å²) in [6.45, 7) is 1.98. The number of amides is 2. The Morgan fingerprint density at radius 3 is 3.00 bits per heavy atom. The van der Waals surface area contributed by atoms with Gasteiger partial charge in [-0.2, -0.15) is 0 Å². The molecule has 0 saturated heterocycles. The second-order valence-electron chi connectivity index (χ2n) is 3.27. The molecule has 0 aliphatic heterocycles. The largest absolute Gasteiger partial charge is 0.432 e. The molecule has 2 heterocycles. The number of urea groups is 1. The van der Waals surface area contributed by atoms with E-state index in [0.29, 0.717) is 0 Å². The first-order chi connectivity index (χ1) is 8.29. The molecule has 7 heteroatoms. The highest BCUT2D eigenvalue weighted by molar-refractivity contribution is 7.09. The molecule has 2 amide bonds. The van der Waals surface area contributed by atoms with Crippen molar-refractivity contribution in [1.29, 1.82) is 0 Å². The molecule has 0 aliphatic carbocycles. The van der Waals surface area contributed by atoms with Gasteiger partial charge in [-0.3, -0.25) is 5.32 Å². The smallest absolute Gasteiger partial charge is 0.323 e. The maximum absolute atomic E-state index is 11.6. The third-order valence-electron chi connectivity index (χ3n) is 2.12. The van der Waals surface area contributed by atoms with Crippen molar-refractivity contribution in [2.24, 2.45) is 0 Å². The summed E-state index contributed by atoms with van der Waals surface area (Å²) in [5, 5.41) is 8.07. The van der Waals surface area contributed by atoms with Crippen LogP contribution in [0.5, 0.6) is 0 Å². The lowest BCUT2D eigenvalue weighted by atomic mass is 10.2. The number of nitrogens with one attached hydrogen (secondary N) is 2. The summed E-state index contributed by atoms with van der Waals surface area (Å²) in [4.78, 5) is 19.6. The third kappa shape index (κ3) is 3.04. The van der Waals surface area contributed by atoms with E-state index in [4.69, 9.17) is 4.42 Å². The van der Waals surface area contributed by atoms with Crippen molar-refractivity contribution >= 4 is 23.4 Å². The number of rotatable bonds is 4. The molecule has 2 aromatic rings. The van der Waals surface area contributed by atoms with Gasteiger partial charge < -0.3 is 9.73 Å². The lowest BCUT2D eigenvalue weighted by Crippen LogP contribution is -2.32. The summed E-state index contributed by atoms with van der Waals surface area (Å²) in [6, 6.07) is -0.268. The normalized spacial score (nSPS) is 12.1. The Bertz CT molecular complexity index is 455. The Labute approximate surface area is 102 Å². The molecule has 17 heavy (non-hydrogen) atoms. The monoisotopic (exact) mass is 252 g/mol. The Kier molecular flexibility index (Phi) is 3.71. The van der Waals surface area contributed by atoms with E-state index in [-0.39, 0.29) is 18.1 Å². The summed E-state index contributed by atoms with van der Waals surface area (Å²) < 4.78 is 4.91. The van der Waals surface area contributed by atoms with Crippen LogP contribution < -0.4 is 10.6 Å². The SMILES string of the molecule is CC[C@@H](NC(=O)Nc1ncco1)c1nccs1. The van der Waals surface area contributed by atoms with Crippen LogP contribution in [0.1, 0.15) is 24.4 Å². The third-order valence-corrected chi connectivity index (χ3v) is 3.01. The molecule has 0 fully saturated rings. The van der Waals surface area contributed by atoms with E-state index in [9.17, 15) is 4.79 Å². The molecule has 0 spiro atoms. The predicted octanol–water partition coefficient (Wildman–Crippen LogP) is 2.40. The average Bonchev–Trinajstić information content (AvgIpc) is 2.97. The lowest BCUT2D eigenvalue weighted by Gasteiger charge is -2.13. The molecule has 0 bridgehead atoms. The molecule has 6 nitrogen and oxygen atoms in total. The van der Waals surface area contributed by atoms with Gasteiger partial charge in [0.15, 0.2) is 0 Å². The number of hydrogen-bond donors (Lipinski definition) is 2. The van der Waals surface area contributed by atoms with Gasteiger partial charge in [0.2, 0.25) is 0 Å². The van der Waals surface area contributed by atoms with Crippen molar-refractivity contribution in [3.8, 4) is 0 Å². The fraction of sp³-hybridized carbons (Fsp3) is 0.300. The predicted molar refractivity (Wildman–Crippen MR) is 63.8 cm³/mol. The highest BCUT2D eigenvalue weighted by Crippen LogP contribution is 2.18. The zero-order valence-electron chi connectivity index (χ0n) is 9.21. The van der Waals surface area contributed by atoms with Gasteiger partial charge in [-0.15, -0.1) is 11.3 Å². The number of thiazole rings is 1. The number of hydrogen-bond acceptors (Lipinski definition) is 5. The van der Waals surface area contributed by atoms with Crippen molar-refractivity contribution in [2.45, 2.75) is 19.4 Å². The van der Waals surface area contributed by atoms with Crippen molar-refractivity contribution in [3.63, 3.8) is 0 Å². The van der Waals surface area contributed by atoms with Crippen LogP contribution in [0.4, 0.5) is 10.8 Å². The molecule has 2 aromatic heterocycles. The number of oxazole rings is 1. The number of aromatic nitrogens is 2. The van der Waals surface area contributed by atoms with Gasteiger partial charge in [0.1, 0.15) is 11.3 Å². The zero-order valence-corrected chi connectivity index (χ0v) is 10.0. The van der Waals surface area contributed by atoms with E-state index in [1.807, 2.05) is 12.3 Å². The van der Waals surface area contributed by atoms with Crippen LogP contribution in [-0.2, 0) is 0 Å². The summed E-state index contributed by atoms with van der Waals surface area (Å²) in [5.74, 6) is 0. The molecule has 2 rings (SSSR count). The van der Waals surface area contributed by atoms with Gasteiger partial charge in [0.25, 0.3) is 0 Å². The maximum Gasteiger partial charge on any atom is 0.323 e. The van der Waals surface area contributed by atoms with Crippen LogP contribution in [0.3, 0.4) is 0 Å². The number of nitrogens with zero attached hydrogens (tertiary/aromatic N) is 2. The molecule has 0 saturated carbocycles. The minimum Gasteiger partial charge on any atom is -0.432 e. The fourth-order valence-corrected chi connectivity index (χ4v) is 2.09. The van der Waals surface area contributed by atoms with E-state index in [0.717, 1.165) is 11.4 Å². The molecule has 0 radical (unpaired) electrons. The summed E-state index contributed by atoms with van der Waals surface area (Å²) in [6.07, 6.45) is 5.35. The van der Waals surface area contributed by atoms with Crippen molar-refractivity contribution in [1.82, 2.24) is 15.3 Å². The average molecular weight is 252 g/mol. The van der Waals surface area contributed by atoms with E-state index in [1.54, 1.807) is 6.20 Å². The molecular formula is C10H12N4O2S. The zero-order chi connectivity index (χ0) is 12.1. The Morgan fingerprint density at radius 1 is 1.53 bits per heavy atom. The van der Waals surface area contributed by atoms with E-state index in [2.05, 4.69) is 20.6 Å². The first-order valence-electron chi connectivity index (χ1n) is 5.16. The standard InChI is InChI=1S/C10H12N4O2S/c1-2-7(8-11-4-6-17-8)13-9(15)14-10-12-3-5-16-10/h3-7H,2H2,1H3,(H2,12,13,14,15)/t7-/m1/s1. The molecule has 0 aliphatic rings. The second kappa shape index (κ2) is 5.44. The first kappa shape index (κ1) is 11.6. The Balaban J connectivity index is 1.93. The van der Waals surface area contributed by atoms with Gasteiger partial charge in [-0.1, -0.05) is 6.92 Å². The van der Waals surface area contributed by atoms with Crippen LogP contribution in [0.25, 0.3) is 0 Å². The van der Waals surface area contributed by atoms with Crippen LogP contribution >= 0.6 is 11.3 Å². The Hall–Kier alpha value is -1.89. The van der Waals surface area contributed by atoms with Crippen LogP contribution in [-0.4, -0.2) is 16.0 Å². The summed E-state index contributed by atoms with van der Waals surface area (Å²) in [5.41, 5.74) is 0. The van der Waals surface area contributed by atoms with Crippen molar-refractivity contribution in [2.75, 3.05) is 5.32 Å². The van der Waals surface area contributed by atoms with E-state index >= 15 is 0 Å².